The van der Waals surface area contributed by atoms with Gasteiger partial charge in [0.15, 0.2) is 11.6 Å². The van der Waals surface area contributed by atoms with Crippen LogP contribution in [0.15, 0.2) is 36.7 Å². The van der Waals surface area contributed by atoms with Gasteiger partial charge in [0.25, 0.3) is 0 Å². The summed E-state index contributed by atoms with van der Waals surface area (Å²) in [5, 5.41) is 0.424. The van der Waals surface area contributed by atoms with E-state index in [9.17, 15) is 4.39 Å². The maximum atomic E-state index is 13.6. The number of aromatic nitrogens is 1. The van der Waals surface area contributed by atoms with Crippen LogP contribution in [0.4, 0.5) is 4.39 Å². The number of pyridine rings is 1. The maximum absolute atomic E-state index is 13.6. The van der Waals surface area contributed by atoms with Gasteiger partial charge in [-0.05, 0) is 6.07 Å². The minimum atomic E-state index is -0.465. The minimum Gasteiger partial charge on any atom is -0.452 e. The maximum Gasteiger partial charge on any atom is 0.167 e. The Morgan fingerprint density at radius 1 is 1.35 bits per heavy atom. The lowest BCUT2D eigenvalue weighted by Crippen LogP contribution is -2.01. The van der Waals surface area contributed by atoms with Crippen LogP contribution in [-0.4, -0.2) is 4.98 Å². The van der Waals surface area contributed by atoms with E-state index in [4.69, 9.17) is 22.1 Å². The molecule has 0 amide bonds. The standard InChI is InChI=1S/C12H10ClFN2O/c13-9-4-10(7-16-6-9)17-12-8(5-15)2-1-3-11(12)14/h1-4,6-7H,5,15H2. The van der Waals surface area contributed by atoms with E-state index in [1.807, 2.05) is 0 Å². The zero-order chi connectivity index (χ0) is 12.3. The summed E-state index contributed by atoms with van der Waals surface area (Å²) in [5.74, 6) is 0.0179. The van der Waals surface area contributed by atoms with E-state index >= 15 is 0 Å². The lowest BCUT2D eigenvalue weighted by atomic mass is 10.2. The van der Waals surface area contributed by atoms with E-state index in [0.29, 0.717) is 16.3 Å². The summed E-state index contributed by atoms with van der Waals surface area (Å²) in [6, 6.07) is 6.16. The third kappa shape index (κ3) is 2.72. The van der Waals surface area contributed by atoms with Gasteiger partial charge in [-0.25, -0.2) is 4.39 Å². The van der Waals surface area contributed by atoms with Crippen molar-refractivity contribution in [3.05, 3.63) is 53.1 Å². The zero-order valence-corrected chi connectivity index (χ0v) is 9.62. The van der Waals surface area contributed by atoms with Gasteiger partial charge < -0.3 is 10.5 Å². The average molecular weight is 253 g/mol. The molecular formula is C12H10ClFN2O. The van der Waals surface area contributed by atoms with Crippen LogP contribution >= 0.6 is 11.6 Å². The van der Waals surface area contributed by atoms with Gasteiger partial charge in [0.1, 0.15) is 5.75 Å². The Morgan fingerprint density at radius 3 is 2.88 bits per heavy atom. The highest BCUT2D eigenvalue weighted by Crippen LogP contribution is 2.28. The molecule has 2 aromatic rings. The van der Waals surface area contributed by atoms with Crippen molar-refractivity contribution in [2.45, 2.75) is 6.54 Å². The van der Waals surface area contributed by atoms with E-state index in [1.54, 1.807) is 18.2 Å². The molecule has 0 bridgehead atoms. The first-order chi connectivity index (χ1) is 8.20. The normalized spacial score (nSPS) is 10.3. The Hall–Kier alpha value is -1.65. The Kier molecular flexibility index (Phi) is 3.56. The molecule has 1 heterocycles. The molecule has 0 spiro atoms. The molecule has 0 radical (unpaired) electrons. The predicted octanol–water partition coefficient (Wildman–Crippen LogP) is 3.13. The van der Waals surface area contributed by atoms with Gasteiger partial charge in [0, 0.05) is 24.4 Å². The molecule has 3 nitrogen and oxygen atoms in total. The zero-order valence-electron chi connectivity index (χ0n) is 8.86. The van der Waals surface area contributed by atoms with Crippen molar-refractivity contribution in [2.24, 2.45) is 5.73 Å². The molecule has 1 aromatic heterocycles. The van der Waals surface area contributed by atoms with E-state index in [-0.39, 0.29) is 12.3 Å². The minimum absolute atomic E-state index is 0.110. The lowest BCUT2D eigenvalue weighted by Gasteiger charge is -2.10. The summed E-state index contributed by atoms with van der Waals surface area (Å²) >= 11 is 5.76. The fourth-order valence-electron chi connectivity index (χ4n) is 1.39. The molecule has 0 unspecified atom stereocenters. The Bertz CT molecular complexity index is 534. The average Bonchev–Trinajstić information content (AvgIpc) is 2.32. The Balaban J connectivity index is 2.35. The van der Waals surface area contributed by atoms with E-state index in [0.717, 1.165) is 0 Å². The van der Waals surface area contributed by atoms with Crippen molar-refractivity contribution < 1.29 is 9.13 Å². The van der Waals surface area contributed by atoms with E-state index < -0.39 is 5.82 Å². The topological polar surface area (TPSA) is 48.1 Å². The van der Waals surface area contributed by atoms with Gasteiger partial charge >= 0.3 is 0 Å². The summed E-state index contributed by atoms with van der Waals surface area (Å²) in [6.07, 6.45) is 2.93. The van der Waals surface area contributed by atoms with Crippen LogP contribution in [0, 0.1) is 5.82 Å². The van der Waals surface area contributed by atoms with Crippen LogP contribution in [0.2, 0.25) is 5.02 Å². The first kappa shape index (κ1) is 11.8. The number of benzene rings is 1. The fourth-order valence-corrected chi connectivity index (χ4v) is 1.56. The van der Waals surface area contributed by atoms with Crippen molar-refractivity contribution in [1.29, 1.82) is 0 Å². The lowest BCUT2D eigenvalue weighted by molar-refractivity contribution is 0.435. The second kappa shape index (κ2) is 5.12. The largest absolute Gasteiger partial charge is 0.452 e. The summed E-state index contributed by atoms with van der Waals surface area (Å²) in [7, 11) is 0. The van der Waals surface area contributed by atoms with Crippen molar-refractivity contribution in [3.8, 4) is 11.5 Å². The molecule has 5 heteroatoms. The fraction of sp³-hybridized carbons (Fsp3) is 0.0833. The van der Waals surface area contributed by atoms with Gasteiger partial charge in [-0.1, -0.05) is 23.7 Å². The molecule has 2 N–H and O–H groups in total. The van der Waals surface area contributed by atoms with Crippen LogP contribution in [0.1, 0.15) is 5.56 Å². The van der Waals surface area contributed by atoms with Gasteiger partial charge in [-0.3, -0.25) is 4.98 Å². The highest BCUT2D eigenvalue weighted by molar-refractivity contribution is 6.30. The van der Waals surface area contributed by atoms with Crippen molar-refractivity contribution >= 4 is 11.6 Å². The molecule has 2 rings (SSSR count). The summed E-state index contributed by atoms with van der Waals surface area (Å²) in [6.45, 7) is 0.196. The van der Waals surface area contributed by atoms with Crippen LogP contribution in [0.3, 0.4) is 0 Å². The molecule has 88 valence electrons. The second-order valence-electron chi connectivity index (χ2n) is 3.37. The quantitative estimate of drug-likeness (QED) is 0.913. The number of nitrogens with zero attached hydrogens (tertiary/aromatic N) is 1. The summed E-state index contributed by atoms with van der Waals surface area (Å²) < 4.78 is 19.0. The van der Waals surface area contributed by atoms with Crippen LogP contribution in [-0.2, 0) is 6.54 Å². The van der Waals surface area contributed by atoms with Crippen LogP contribution in [0.25, 0.3) is 0 Å². The number of hydrogen-bond acceptors (Lipinski definition) is 3. The second-order valence-corrected chi connectivity index (χ2v) is 3.81. The molecule has 0 fully saturated rings. The highest BCUT2D eigenvalue weighted by Gasteiger charge is 2.10. The van der Waals surface area contributed by atoms with Gasteiger partial charge in [-0.15, -0.1) is 0 Å². The van der Waals surface area contributed by atoms with Gasteiger partial charge in [0.2, 0.25) is 0 Å². The van der Waals surface area contributed by atoms with Crippen molar-refractivity contribution in [3.63, 3.8) is 0 Å². The highest BCUT2D eigenvalue weighted by atomic mass is 35.5. The SMILES string of the molecule is NCc1cccc(F)c1Oc1cncc(Cl)c1. The van der Waals surface area contributed by atoms with E-state index in [2.05, 4.69) is 4.98 Å². The summed E-state index contributed by atoms with van der Waals surface area (Å²) in [4.78, 5) is 3.85. The van der Waals surface area contributed by atoms with Crippen LogP contribution in [0.5, 0.6) is 11.5 Å². The number of halogens is 2. The number of rotatable bonds is 3. The molecule has 0 aliphatic carbocycles. The Labute approximate surface area is 103 Å². The molecule has 0 saturated carbocycles. The molecular weight excluding hydrogens is 243 g/mol. The number of nitrogens with two attached hydrogens (primary N) is 1. The molecule has 0 aliphatic rings. The van der Waals surface area contributed by atoms with E-state index in [1.165, 1.54) is 18.5 Å². The first-order valence-corrected chi connectivity index (χ1v) is 5.34. The molecule has 0 aliphatic heterocycles. The molecule has 1 aromatic carbocycles. The Morgan fingerprint density at radius 2 is 2.18 bits per heavy atom. The third-order valence-electron chi connectivity index (χ3n) is 2.17. The monoisotopic (exact) mass is 252 g/mol. The van der Waals surface area contributed by atoms with Crippen molar-refractivity contribution in [1.82, 2.24) is 4.98 Å². The molecule has 17 heavy (non-hydrogen) atoms. The third-order valence-corrected chi connectivity index (χ3v) is 2.37. The molecule has 0 atom stereocenters. The number of hydrogen-bond donors (Lipinski definition) is 1. The van der Waals surface area contributed by atoms with Gasteiger partial charge in [0.05, 0.1) is 11.2 Å². The predicted molar refractivity (Wildman–Crippen MR) is 63.6 cm³/mol. The number of ether oxygens (including phenoxy) is 1. The first-order valence-electron chi connectivity index (χ1n) is 4.96. The summed E-state index contributed by atoms with van der Waals surface area (Å²) in [5.41, 5.74) is 6.10. The molecule has 0 saturated heterocycles. The van der Waals surface area contributed by atoms with Gasteiger partial charge in [-0.2, -0.15) is 0 Å². The smallest absolute Gasteiger partial charge is 0.167 e. The number of para-hydroxylation sites is 1. The van der Waals surface area contributed by atoms with Crippen LogP contribution < -0.4 is 10.5 Å². The van der Waals surface area contributed by atoms with Crippen molar-refractivity contribution in [2.75, 3.05) is 0 Å².